The van der Waals surface area contributed by atoms with Crippen molar-refractivity contribution in [2.75, 3.05) is 13.2 Å². The van der Waals surface area contributed by atoms with Crippen LogP contribution in [0.3, 0.4) is 0 Å². The van der Waals surface area contributed by atoms with Gasteiger partial charge in [0.25, 0.3) is 0 Å². The van der Waals surface area contributed by atoms with Gasteiger partial charge in [0.1, 0.15) is 24.4 Å². The lowest BCUT2D eigenvalue weighted by atomic mass is 9.99. The highest BCUT2D eigenvalue weighted by Crippen LogP contribution is 2.22. The van der Waals surface area contributed by atoms with Crippen LogP contribution in [0.25, 0.3) is 0 Å². The van der Waals surface area contributed by atoms with Gasteiger partial charge in [0.15, 0.2) is 6.29 Å². The number of carbonyl (C=O) groups is 1. The molecular formula is C26H49NO7. The van der Waals surface area contributed by atoms with Gasteiger partial charge in [-0.15, -0.1) is 0 Å². The van der Waals surface area contributed by atoms with Gasteiger partial charge < -0.3 is 35.2 Å². The van der Waals surface area contributed by atoms with Crippen LogP contribution in [-0.2, 0) is 14.3 Å². The van der Waals surface area contributed by atoms with Crippen LogP contribution in [0, 0.1) is 0 Å². The molecule has 200 valence electrons. The smallest absolute Gasteiger partial charge is 0.216 e. The molecule has 1 aliphatic heterocycles. The summed E-state index contributed by atoms with van der Waals surface area (Å²) in [5, 5.41) is 42.7. The van der Waals surface area contributed by atoms with Crippen LogP contribution >= 0.6 is 0 Å². The minimum absolute atomic E-state index is 0.00937. The average molecular weight is 488 g/mol. The van der Waals surface area contributed by atoms with Gasteiger partial charge in [0, 0.05) is 19.9 Å². The molecule has 0 aromatic rings. The predicted molar refractivity (Wildman–Crippen MR) is 132 cm³/mol. The molecule has 1 fully saturated rings. The Morgan fingerprint density at radius 2 is 1.53 bits per heavy atom. The minimum Gasteiger partial charge on any atom is -0.389 e. The van der Waals surface area contributed by atoms with E-state index in [1.807, 2.05) is 6.08 Å². The molecule has 0 bridgehead atoms. The van der Waals surface area contributed by atoms with E-state index in [4.69, 9.17) is 9.47 Å². The van der Waals surface area contributed by atoms with E-state index >= 15 is 0 Å². The van der Waals surface area contributed by atoms with Gasteiger partial charge in [-0.2, -0.15) is 0 Å². The van der Waals surface area contributed by atoms with Crippen LogP contribution in [0.5, 0.6) is 0 Å². The first-order chi connectivity index (χ1) is 16.4. The average Bonchev–Trinajstić information content (AvgIpc) is 2.81. The fraction of sp³-hybridized carbons (Fsp3) is 0.885. The number of aliphatic hydroxyl groups excluding tert-OH is 4. The van der Waals surface area contributed by atoms with Gasteiger partial charge in [-0.05, 0) is 12.8 Å². The Hall–Kier alpha value is -1.03. The Kier molecular flexibility index (Phi) is 17.5. The highest BCUT2D eigenvalue weighted by Gasteiger charge is 2.44. The molecule has 0 saturated carbocycles. The van der Waals surface area contributed by atoms with Gasteiger partial charge in [0.2, 0.25) is 5.91 Å². The molecule has 6 atom stereocenters. The minimum atomic E-state index is -1.45. The third-order valence-electron chi connectivity index (χ3n) is 6.25. The van der Waals surface area contributed by atoms with E-state index in [1.54, 1.807) is 6.08 Å². The number of rotatable bonds is 19. The van der Waals surface area contributed by atoms with Crippen LogP contribution < -0.4 is 5.32 Å². The summed E-state index contributed by atoms with van der Waals surface area (Å²) in [6, 6.07) is 0. The molecule has 8 nitrogen and oxygen atoms in total. The van der Waals surface area contributed by atoms with Crippen molar-refractivity contribution >= 4 is 5.91 Å². The third-order valence-corrected chi connectivity index (χ3v) is 6.25. The van der Waals surface area contributed by atoms with Crippen molar-refractivity contribution in [2.24, 2.45) is 0 Å². The lowest BCUT2D eigenvalue weighted by Gasteiger charge is -2.40. The molecule has 34 heavy (non-hydrogen) atoms. The quantitative estimate of drug-likeness (QED) is 0.140. The molecule has 1 heterocycles. The van der Waals surface area contributed by atoms with Gasteiger partial charge >= 0.3 is 0 Å². The van der Waals surface area contributed by atoms with Crippen molar-refractivity contribution in [1.29, 1.82) is 0 Å². The second-order valence-corrected chi connectivity index (χ2v) is 9.43. The molecule has 0 aromatic heterocycles. The summed E-state index contributed by atoms with van der Waals surface area (Å²) in [4.78, 5) is 11.1. The maximum Gasteiger partial charge on any atom is 0.216 e. The van der Waals surface area contributed by atoms with Gasteiger partial charge in [-0.25, -0.2) is 0 Å². The maximum absolute atomic E-state index is 11.1. The Morgan fingerprint density at radius 3 is 2.12 bits per heavy atom. The highest BCUT2D eigenvalue weighted by molar-refractivity contribution is 5.72. The topological polar surface area (TPSA) is 128 Å². The lowest BCUT2D eigenvalue weighted by Crippen LogP contribution is -2.60. The SMILES string of the molecule is CCCCCCCCCCCCC/C=C/[C@@H](O)CCOC1OC(CNC(C)=O)C(O)C(O)C1O. The van der Waals surface area contributed by atoms with E-state index in [0.717, 1.165) is 12.8 Å². The van der Waals surface area contributed by atoms with E-state index in [-0.39, 0.29) is 19.1 Å². The second kappa shape index (κ2) is 19.2. The maximum atomic E-state index is 11.1. The molecule has 5 unspecified atom stereocenters. The van der Waals surface area contributed by atoms with Crippen molar-refractivity contribution in [3.8, 4) is 0 Å². The van der Waals surface area contributed by atoms with Gasteiger partial charge in [-0.1, -0.05) is 83.3 Å². The Balaban J connectivity index is 2.10. The molecule has 0 spiro atoms. The molecule has 1 amide bonds. The van der Waals surface area contributed by atoms with Crippen molar-refractivity contribution in [3.05, 3.63) is 12.2 Å². The monoisotopic (exact) mass is 487 g/mol. The molecule has 0 aliphatic carbocycles. The van der Waals surface area contributed by atoms with E-state index in [9.17, 15) is 25.2 Å². The number of amides is 1. The van der Waals surface area contributed by atoms with E-state index in [0.29, 0.717) is 6.42 Å². The largest absolute Gasteiger partial charge is 0.389 e. The summed E-state index contributed by atoms with van der Waals surface area (Å²) >= 11 is 0. The number of hydrogen-bond acceptors (Lipinski definition) is 7. The predicted octanol–water partition coefficient (Wildman–Crippen LogP) is 2.96. The summed E-state index contributed by atoms with van der Waals surface area (Å²) in [6.45, 7) is 3.68. The zero-order valence-corrected chi connectivity index (χ0v) is 21.2. The number of aliphatic hydroxyl groups is 4. The van der Waals surface area contributed by atoms with Crippen LogP contribution in [0.15, 0.2) is 12.2 Å². The summed E-state index contributed by atoms with van der Waals surface area (Å²) < 4.78 is 11.0. The molecule has 1 rings (SSSR count). The number of ether oxygens (including phenoxy) is 2. The molecular weight excluding hydrogens is 438 g/mol. The second-order valence-electron chi connectivity index (χ2n) is 9.43. The van der Waals surface area contributed by atoms with Crippen LogP contribution in [-0.4, -0.2) is 76.3 Å². The van der Waals surface area contributed by atoms with Gasteiger partial charge in [0.05, 0.1) is 12.7 Å². The van der Waals surface area contributed by atoms with E-state index < -0.39 is 36.8 Å². The molecule has 0 radical (unpaired) electrons. The summed E-state index contributed by atoms with van der Waals surface area (Å²) in [6.07, 6.45) is 12.5. The molecule has 1 aliphatic rings. The lowest BCUT2D eigenvalue weighted by molar-refractivity contribution is -0.295. The zero-order valence-electron chi connectivity index (χ0n) is 21.2. The zero-order chi connectivity index (χ0) is 25.2. The standard InChI is InChI=1S/C26H49NO7/c1-3-4-5-6-7-8-9-10-11-12-13-14-15-16-21(29)17-18-33-26-25(32)24(31)23(30)22(34-26)19-27-20(2)28/h15-16,21-26,29-32H,3-14,17-19H2,1-2H3,(H,27,28)/b16-15+/t21-,22?,23?,24?,25?,26?/m1/s1. The Labute approximate surface area is 205 Å². The molecule has 1 saturated heterocycles. The van der Waals surface area contributed by atoms with Crippen molar-refractivity contribution in [2.45, 2.75) is 134 Å². The fourth-order valence-electron chi connectivity index (χ4n) is 4.05. The first-order valence-corrected chi connectivity index (χ1v) is 13.3. The van der Waals surface area contributed by atoms with Crippen LogP contribution in [0.4, 0.5) is 0 Å². The number of nitrogens with one attached hydrogen (secondary N) is 1. The highest BCUT2D eigenvalue weighted by atomic mass is 16.7. The van der Waals surface area contributed by atoms with Crippen LogP contribution in [0.2, 0.25) is 0 Å². The van der Waals surface area contributed by atoms with E-state index in [1.165, 1.54) is 71.1 Å². The summed E-state index contributed by atoms with van der Waals surface area (Å²) in [7, 11) is 0. The first-order valence-electron chi connectivity index (χ1n) is 13.3. The fourth-order valence-corrected chi connectivity index (χ4v) is 4.05. The van der Waals surface area contributed by atoms with Crippen molar-refractivity contribution in [3.63, 3.8) is 0 Å². The third kappa shape index (κ3) is 13.8. The molecule has 5 N–H and O–H groups in total. The summed E-state index contributed by atoms with van der Waals surface area (Å²) in [5.41, 5.74) is 0. The summed E-state index contributed by atoms with van der Waals surface area (Å²) in [5.74, 6) is -0.294. The van der Waals surface area contributed by atoms with Crippen molar-refractivity contribution in [1.82, 2.24) is 5.32 Å². The number of hydrogen-bond donors (Lipinski definition) is 5. The molecule has 0 aromatic carbocycles. The van der Waals surface area contributed by atoms with E-state index in [2.05, 4.69) is 12.2 Å². The first kappa shape index (κ1) is 31.0. The molecule has 8 heteroatoms. The van der Waals surface area contributed by atoms with Crippen LogP contribution in [0.1, 0.15) is 97.3 Å². The number of unbranched alkanes of at least 4 members (excludes halogenated alkanes) is 11. The Bertz CT molecular complexity index is 545. The number of carbonyl (C=O) groups excluding carboxylic acids is 1. The van der Waals surface area contributed by atoms with Crippen molar-refractivity contribution < 1.29 is 34.7 Å². The van der Waals surface area contributed by atoms with Gasteiger partial charge in [-0.3, -0.25) is 4.79 Å². The number of allylic oxidation sites excluding steroid dienone is 1. The normalized spacial score (nSPS) is 26.1. The Morgan fingerprint density at radius 1 is 0.941 bits per heavy atom.